The Morgan fingerprint density at radius 2 is 1.67 bits per heavy atom. The maximum Gasteiger partial charge on any atom is 0.325 e. The third-order valence-corrected chi connectivity index (χ3v) is 4.39. The fourth-order valence-electron chi connectivity index (χ4n) is 1.91. The Kier molecular flexibility index (Phi) is 5.12. The van der Waals surface area contributed by atoms with Crippen LogP contribution in [0.4, 0.5) is 0 Å². The fourth-order valence-corrected chi connectivity index (χ4v) is 1.91. The van der Waals surface area contributed by atoms with Gasteiger partial charge in [-0.1, -0.05) is 30.3 Å². The number of benzene rings is 1. The highest BCUT2D eigenvalue weighted by molar-refractivity contribution is 6.00. The minimum absolute atomic E-state index is 0.0616. The van der Waals surface area contributed by atoms with Crippen LogP contribution in [0.3, 0.4) is 0 Å². The summed E-state index contributed by atoms with van der Waals surface area (Å²) in [6.45, 7) is 4.89. The van der Waals surface area contributed by atoms with Gasteiger partial charge in [-0.2, -0.15) is 0 Å². The number of ether oxygens (including phenoxy) is 1. The van der Waals surface area contributed by atoms with Crippen molar-refractivity contribution in [3.63, 3.8) is 0 Å². The van der Waals surface area contributed by atoms with Crippen LogP contribution in [0.25, 0.3) is 0 Å². The quantitative estimate of drug-likeness (QED) is 0.643. The highest BCUT2D eigenvalue weighted by atomic mass is 16.5. The zero-order valence-corrected chi connectivity index (χ0v) is 13.2. The van der Waals surface area contributed by atoms with Gasteiger partial charge in [0.05, 0.1) is 0 Å². The molecule has 0 aliphatic rings. The van der Waals surface area contributed by atoms with E-state index in [1.807, 2.05) is 30.3 Å². The van der Waals surface area contributed by atoms with Crippen LogP contribution >= 0.6 is 0 Å². The molecule has 0 radical (unpaired) electrons. The Morgan fingerprint density at radius 3 is 2.10 bits per heavy atom. The van der Waals surface area contributed by atoms with Crippen LogP contribution in [0.2, 0.25) is 0 Å². The maximum atomic E-state index is 12.4. The lowest BCUT2D eigenvalue weighted by molar-refractivity contribution is -0.178. The van der Waals surface area contributed by atoms with Crippen molar-refractivity contribution in [2.75, 3.05) is 14.1 Å². The van der Waals surface area contributed by atoms with E-state index in [2.05, 4.69) is 0 Å². The van der Waals surface area contributed by atoms with Gasteiger partial charge in [-0.3, -0.25) is 9.59 Å². The smallest absolute Gasteiger partial charge is 0.325 e. The first-order valence-electron chi connectivity index (χ1n) is 6.76. The molecule has 0 fully saturated rings. The average Bonchev–Trinajstić information content (AvgIpc) is 2.44. The first-order valence-corrected chi connectivity index (χ1v) is 6.76. The Bertz CT molecular complexity index is 510. The molecule has 0 saturated carbocycles. The minimum atomic E-state index is -1.66. The van der Waals surface area contributed by atoms with Crippen LogP contribution in [0.15, 0.2) is 30.3 Å². The van der Waals surface area contributed by atoms with Crippen molar-refractivity contribution < 1.29 is 19.4 Å². The monoisotopic (exact) mass is 293 g/mol. The van der Waals surface area contributed by atoms with E-state index in [0.29, 0.717) is 0 Å². The van der Waals surface area contributed by atoms with E-state index < -0.39 is 22.9 Å². The number of carbonyl (C=O) groups excluding carboxylic acids is 1. The van der Waals surface area contributed by atoms with Crippen molar-refractivity contribution in [3.05, 3.63) is 35.9 Å². The lowest BCUT2D eigenvalue weighted by Gasteiger charge is -2.43. The topological polar surface area (TPSA) is 66.8 Å². The molecule has 1 unspecified atom stereocenters. The molecule has 0 bridgehead atoms. The number of rotatable bonds is 6. The first-order chi connectivity index (χ1) is 9.64. The van der Waals surface area contributed by atoms with Gasteiger partial charge in [0.25, 0.3) is 0 Å². The Hall–Kier alpha value is -1.88. The van der Waals surface area contributed by atoms with Crippen LogP contribution in [0.1, 0.15) is 26.3 Å². The molecule has 0 aliphatic heterocycles. The minimum Gasteiger partial charge on any atom is -0.480 e. The predicted molar refractivity (Wildman–Crippen MR) is 79.7 cm³/mol. The highest BCUT2D eigenvalue weighted by Crippen LogP contribution is 2.36. The standard InChI is InChI=1S/C16H23NO4/c1-15(2,17(4)5)16(3,13(18)19)14(20)21-11-12-9-7-6-8-10-12/h6-10H,11H2,1-5H3,(H,18,19). The zero-order valence-electron chi connectivity index (χ0n) is 13.2. The van der Waals surface area contributed by atoms with Crippen molar-refractivity contribution >= 4 is 11.9 Å². The molecule has 0 spiro atoms. The van der Waals surface area contributed by atoms with Gasteiger partial charge in [0.15, 0.2) is 5.41 Å². The number of esters is 1. The van der Waals surface area contributed by atoms with E-state index >= 15 is 0 Å². The fraction of sp³-hybridized carbons (Fsp3) is 0.500. The second-order valence-electron chi connectivity index (χ2n) is 5.95. The van der Waals surface area contributed by atoms with Crippen molar-refractivity contribution in [1.29, 1.82) is 0 Å². The predicted octanol–water partition coefficient (Wildman–Crippen LogP) is 2.16. The van der Waals surface area contributed by atoms with Gasteiger partial charge in [-0.25, -0.2) is 0 Å². The molecule has 116 valence electrons. The van der Waals surface area contributed by atoms with Gasteiger partial charge in [0.1, 0.15) is 6.61 Å². The van der Waals surface area contributed by atoms with Crippen LogP contribution in [0, 0.1) is 5.41 Å². The van der Waals surface area contributed by atoms with Gasteiger partial charge >= 0.3 is 11.9 Å². The molecule has 1 aromatic rings. The zero-order chi connectivity index (χ0) is 16.3. The first kappa shape index (κ1) is 17.2. The van der Waals surface area contributed by atoms with Gasteiger partial charge in [0, 0.05) is 5.54 Å². The van der Waals surface area contributed by atoms with Crippen LogP contribution in [-0.4, -0.2) is 41.6 Å². The highest BCUT2D eigenvalue weighted by Gasteiger charge is 2.56. The molecule has 1 N–H and O–H groups in total. The lowest BCUT2D eigenvalue weighted by atomic mass is 9.72. The second kappa shape index (κ2) is 6.26. The molecule has 1 aromatic carbocycles. The van der Waals surface area contributed by atoms with Crippen LogP contribution in [-0.2, 0) is 20.9 Å². The van der Waals surface area contributed by atoms with E-state index in [0.717, 1.165) is 5.56 Å². The van der Waals surface area contributed by atoms with Crippen molar-refractivity contribution in [2.24, 2.45) is 5.41 Å². The normalized spacial score (nSPS) is 14.6. The maximum absolute atomic E-state index is 12.4. The Morgan fingerprint density at radius 1 is 1.14 bits per heavy atom. The largest absolute Gasteiger partial charge is 0.480 e. The molecule has 0 aliphatic carbocycles. The number of carbonyl (C=O) groups is 2. The molecule has 0 heterocycles. The van der Waals surface area contributed by atoms with Gasteiger partial charge < -0.3 is 14.7 Å². The summed E-state index contributed by atoms with van der Waals surface area (Å²) in [6, 6.07) is 9.18. The molecule has 1 rings (SSSR count). The molecular weight excluding hydrogens is 270 g/mol. The molecule has 0 aromatic heterocycles. The number of carboxylic acids is 1. The number of nitrogens with zero attached hydrogens (tertiary/aromatic N) is 1. The number of carboxylic acid groups (broad SMARTS) is 1. The number of aliphatic carboxylic acids is 1. The molecular formula is C16H23NO4. The lowest BCUT2D eigenvalue weighted by Crippen LogP contribution is -2.60. The summed E-state index contributed by atoms with van der Waals surface area (Å²) in [5.74, 6) is -1.93. The molecule has 5 nitrogen and oxygen atoms in total. The summed E-state index contributed by atoms with van der Waals surface area (Å²) in [5, 5.41) is 9.56. The SMILES string of the molecule is CN(C)C(C)(C)C(C)(C(=O)O)C(=O)OCc1ccccc1. The Labute approximate surface area is 125 Å². The van der Waals surface area contributed by atoms with Crippen molar-refractivity contribution in [3.8, 4) is 0 Å². The molecule has 1 atom stereocenters. The van der Waals surface area contributed by atoms with E-state index in [1.54, 1.807) is 32.8 Å². The van der Waals surface area contributed by atoms with Gasteiger partial charge in [0.2, 0.25) is 0 Å². The van der Waals surface area contributed by atoms with E-state index in [9.17, 15) is 14.7 Å². The van der Waals surface area contributed by atoms with E-state index in [4.69, 9.17) is 4.74 Å². The summed E-state index contributed by atoms with van der Waals surface area (Å²) in [4.78, 5) is 25.8. The average molecular weight is 293 g/mol. The van der Waals surface area contributed by atoms with Crippen LogP contribution < -0.4 is 0 Å². The number of hydrogen-bond donors (Lipinski definition) is 1. The summed E-state index contributed by atoms with van der Waals surface area (Å²) < 4.78 is 5.24. The Balaban J connectivity index is 2.96. The number of hydrogen-bond acceptors (Lipinski definition) is 4. The summed E-state index contributed by atoms with van der Waals surface area (Å²) >= 11 is 0. The third-order valence-electron chi connectivity index (χ3n) is 4.39. The second-order valence-corrected chi connectivity index (χ2v) is 5.95. The molecule has 0 amide bonds. The summed E-state index contributed by atoms with van der Waals surface area (Å²) in [7, 11) is 3.48. The summed E-state index contributed by atoms with van der Waals surface area (Å²) in [6.07, 6.45) is 0. The van der Waals surface area contributed by atoms with E-state index in [-0.39, 0.29) is 6.61 Å². The van der Waals surface area contributed by atoms with Gasteiger partial charge in [-0.05, 0) is 40.4 Å². The van der Waals surface area contributed by atoms with Crippen molar-refractivity contribution in [2.45, 2.75) is 32.9 Å². The van der Waals surface area contributed by atoms with Gasteiger partial charge in [-0.15, -0.1) is 0 Å². The molecule has 5 heteroatoms. The summed E-state index contributed by atoms with van der Waals surface area (Å²) in [5.41, 5.74) is -1.74. The van der Waals surface area contributed by atoms with E-state index in [1.165, 1.54) is 6.92 Å². The van der Waals surface area contributed by atoms with Crippen molar-refractivity contribution in [1.82, 2.24) is 4.90 Å². The third kappa shape index (κ3) is 3.24. The molecule has 0 saturated heterocycles. The van der Waals surface area contributed by atoms with Crippen LogP contribution in [0.5, 0.6) is 0 Å². The molecule has 21 heavy (non-hydrogen) atoms.